The van der Waals surface area contributed by atoms with Gasteiger partial charge in [0.2, 0.25) is 0 Å². The van der Waals surface area contributed by atoms with Crippen molar-refractivity contribution >= 4 is 108 Å². The quantitative estimate of drug-likeness (QED) is 0.161. The highest BCUT2D eigenvalue weighted by Crippen LogP contribution is 2.42. The molecule has 1 heterocycles. The van der Waals surface area contributed by atoms with Gasteiger partial charge in [0.05, 0.1) is 0 Å². The summed E-state index contributed by atoms with van der Waals surface area (Å²) in [6.45, 7) is 0. The van der Waals surface area contributed by atoms with Gasteiger partial charge in [-0.2, -0.15) is 0 Å². The second kappa shape index (κ2) is 14.7. The number of hydrogen-bond acceptors (Lipinski definition) is 1. The molecule has 1 aromatic heterocycles. The molecule has 15 aromatic rings. The van der Waals surface area contributed by atoms with E-state index in [4.69, 9.17) is 4.42 Å². The second-order valence-electron chi connectivity index (χ2n) is 18.8. The highest BCUT2D eigenvalue weighted by Gasteiger charge is 2.16. The smallest absolute Gasteiger partial charge is 0.135 e. The summed E-state index contributed by atoms with van der Waals surface area (Å²) in [7, 11) is 0. The Morgan fingerprint density at radius 1 is 0.174 bits per heavy atom. The Labute approximate surface area is 397 Å². The van der Waals surface area contributed by atoms with Crippen molar-refractivity contribution in [3.63, 3.8) is 0 Å². The van der Waals surface area contributed by atoms with Gasteiger partial charge in [-0.3, -0.25) is 0 Å². The zero-order chi connectivity index (χ0) is 45.2. The SMILES string of the molecule is c1ccc2c(c1)ccc1c3ccccc3c(-c3ccc4ccc(-c5ccc6oc7ccc(-c8ccc9ccc(-c%10cc%11c%12ccccc%12ccc%11c%11ccccc%10%11)cc9c8)cc7c6c5)cc4c3)cc21. The molecule has 0 aliphatic carbocycles. The molecule has 0 N–H and O–H groups in total. The van der Waals surface area contributed by atoms with Crippen LogP contribution in [0.2, 0.25) is 0 Å². The summed E-state index contributed by atoms with van der Waals surface area (Å²) in [5.74, 6) is 0. The Kier molecular flexibility index (Phi) is 8.13. The van der Waals surface area contributed by atoms with Crippen molar-refractivity contribution in [2.45, 2.75) is 0 Å². The van der Waals surface area contributed by atoms with E-state index in [9.17, 15) is 0 Å². The minimum Gasteiger partial charge on any atom is -0.456 e. The van der Waals surface area contributed by atoms with Crippen LogP contribution in [0, 0.1) is 0 Å². The van der Waals surface area contributed by atoms with Crippen molar-refractivity contribution in [2.24, 2.45) is 0 Å². The Hall–Kier alpha value is -9.04. The summed E-state index contributed by atoms with van der Waals surface area (Å²) in [5.41, 5.74) is 11.4. The van der Waals surface area contributed by atoms with Crippen LogP contribution in [0.4, 0.5) is 0 Å². The van der Waals surface area contributed by atoms with Crippen molar-refractivity contribution in [1.82, 2.24) is 0 Å². The average Bonchev–Trinajstić information content (AvgIpc) is 3.79. The minimum absolute atomic E-state index is 0.892. The maximum atomic E-state index is 6.49. The maximum absolute atomic E-state index is 6.49. The molecule has 14 aromatic carbocycles. The number of hydrogen-bond donors (Lipinski definition) is 0. The molecule has 15 rings (SSSR count). The lowest BCUT2D eigenvalue weighted by atomic mass is 9.90. The zero-order valence-electron chi connectivity index (χ0n) is 37.5. The van der Waals surface area contributed by atoms with E-state index in [-0.39, 0.29) is 0 Å². The monoisotopic (exact) mass is 872 g/mol. The highest BCUT2D eigenvalue weighted by atomic mass is 16.3. The molecule has 0 aliphatic heterocycles. The molecular weight excluding hydrogens is 833 g/mol. The highest BCUT2D eigenvalue weighted by molar-refractivity contribution is 6.23. The lowest BCUT2D eigenvalue weighted by molar-refractivity contribution is 0.669. The first-order chi connectivity index (χ1) is 34.1. The van der Waals surface area contributed by atoms with Gasteiger partial charge in [0.15, 0.2) is 0 Å². The van der Waals surface area contributed by atoms with E-state index in [2.05, 4.69) is 243 Å². The van der Waals surface area contributed by atoms with E-state index in [0.717, 1.165) is 33.1 Å². The van der Waals surface area contributed by atoms with Crippen LogP contribution in [0.1, 0.15) is 0 Å². The normalized spacial score (nSPS) is 12.1. The molecule has 0 unspecified atom stereocenters. The second-order valence-corrected chi connectivity index (χ2v) is 18.8. The van der Waals surface area contributed by atoms with Gasteiger partial charge < -0.3 is 4.42 Å². The summed E-state index contributed by atoms with van der Waals surface area (Å²) < 4.78 is 6.49. The van der Waals surface area contributed by atoms with Crippen LogP contribution in [0.5, 0.6) is 0 Å². The Morgan fingerprint density at radius 3 is 0.971 bits per heavy atom. The van der Waals surface area contributed by atoms with Crippen LogP contribution in [-0.4, -0.2) is 0 Å². The predicted octanol–water partition coefficient (Wildman–Crippen LogP) is 19.5. The Balaban J connectivity index is 0.812. The molecule has 1 nitrogen and oxygen atoms in total. The molecule has 0 saturated carbocycles. The van der Waals surface area contributed by atoms with Gasteiger partial charge in [0, 0.05) is 10.8 Å². The van der Waals surface area contributed by atoms with Gasteiger partial charge >= 0.3 is 0 Å². The maximum Gasteiger partial charge on any atom is 0.135 e. The van der Waals surface area contributed by atoms with Crippen molar-refractivity contribution in [3.05, 3.63) is 243 Å². The molecule has 0 amide bonds. The summed E-state index contributed by atoms with van der Waals surface area (Å²) in [6, 6.07) is 89.8. The lowest BCUT2D eigenvalue weighted by Gasteiger charge is -2.14. The third-order valence-electron chi connectivity index (χ3n) is 15.0. The van der Waals surface area contributed by atoms with E-state index in [1.165, 1.54) is 120 Å². The van der Waals surface area contributed by atoms with Crippen LogP contribution >= 0.6 is 0 Å². The van der Waals surface area contributed by atoms with Crippen molar-refractivity contribution in [1.29, 1.82) is 0 Å². The Bertz CT molecular complexity index is 4370. The molecule has 0 fully saturated rings. The van der Waals surface area contributed by atoms with Crippen molar-refractivity contribution in [3.8, 4) is 44.5 Å². The zero-order valence-corrected chi connectivity index (χ0v) is 37.5. The summed E-state index contributed by atoms with van der Waals surface area (Å²) in [6.07, 6.45) is 0. The standard InChI is InChI=1S/C68H40O/c1-3-11-53-43(9-1)25-29-59-55-13-5-7-15-57(55)61(39-63(53)59)49-23-19-41-17-21-45(33-51(41)35-49)47-27-31-67-65(37-47)66-38-48(28-32-68(66)69-67)46-22-18-42-20-24-50(36-52(42)34-46)62-40-64-54-12-4-2-10-44(54)26-30-60(64)56-14-6-8-16-58(56)62/h1-40H. The average molecular weight is 873 g/mol. The predicted molar refractivity (Wildman–Crippen MR) is 296 cm³/mol. The van der Waals surface area contributed by atoms with Gasteiger partial charge in [-0.05, 0) is 191 Å². The molecule has 0 saturated heterocycles. The summed E-state index contributed by atoms with van der Waals surface area (Å²) in [4.78, 5) is 0. The number of benzene rings is 14. The first-order valence-electron chi connectivity index (χ1n) is 23.9. The topological polar surface area (TPSA) is 13.1 Å². The first-order valence-corrected chi connectivity index (χ1v) is 23.9. The molecule has 0 bridgehead atoms. The summed E-state index contributed by atoms with van der Waals surface area (Å²) in [5, 5.41) is 22.4. The van der Waals surface area contributed by atoms with Crippen molar-refractivity contribution < 1.29 is 4.42 Å². The molecule has 69 heavy (non-hydrogen) atoms. The first kappa shape index (κ1) is 38.1. The third-order valence-corrected chi connectivity index (χ3v) is 15.0. The lowest BCUT2D eigenvalue weighted by Crippen LogP contribution is -1.87. The van der Waals surface area contributed by atoms with Crippen LogP contribution in [0.15, 0.2) is 247 Å². The van der Waals surface area contributed by atoms with Crippen LogP contribution in [0.3, 0.4) is 0 Å². The fourth-order valence-corrected chi connectivity index (χ4v) is 11.5. The van der Waals surface area contributed by atoms with Crippen LogP contribution < -0.4 is 0 Å². The molecule has 318 valence electrons. The van der Waals surface area contributed by atoms with Gasteiger partial charge in [-0.1, -0.05) is 182 Å². The van der Waals surface area contributed by atoms with Crippen molar-refractivity contribution in [2.75, 3.05) is 0 Å². The number of rotatable bonds is 4. The van der Waals surface area contributed by atoms with Crippen LogP contribution in [0.25, 0.3) is 153 Å². The van der Waals surface area contributed by atoms with E-state index in [0.29, 0.717) is 0 Å². The summed E-state index contributed by atoms with van der Waals surface area (Å²) >= 11 is 0. The molecule has 0 atom stereocenters. The molecule has 0 spiro atoms. The van der Waals surface area contributed by atoms with E-state index >= 15 is 0 Å². The van der Waals surface area contributed by atoms with Gasteiger partial charge in [-0.15, -0.1) is 0 Å². The molecule has 1 heteroatoms. The third kappa shape index (κ3) is 5.97. The van der Waals surface area contributed by atoms with E-state index < -0.39 is 0 Å². The van der Waals surface area contributed by atoms with Crippen LogP contribution in [-0.2, 0) is 0 Å². The molecule has 0 aliphatic rings. The van der Waals surface area contributed by atoms with E-state index in [1.54, 1.807) is 0 Å². The van der Waals surface area contributed by atoms with E-state index in [1.807, 2.05) is 0 Å². The molecule has 0 radical (unpaired) electrons. The van der Waals surface area contributed by atoms with Gasteiger partial charge in [0.25, 0.3) is 0 Å². The number of furan rings is 1. The molecular formula is C68H40O. The Morgan fingerprint density at radius 2 is 0.507 bits per heavy atom. The minimum atomic E-state index is 0.892. The largest absolute Gasteiger partial charge is 0.456 e. The fraction of sp³-hybridized carbons (Fsp3) is 0. The number of fused-ring (bicyclic) bond motifs is 15. The fourth-order valence-electron chi connectivity index (χ4n) is 11.5. The van der Waals surface area contributed by atoms with Gasteiger partial charge in [0.1, 0.15) is 11.2 Å². The van der Waals surface area contributed by atoms with Gasteiger partial charge in [-0.25, -0.2) is 0 Å².